The SMILES string of the molecule is O=C(CNC1(C(=O)O)CCC1)Nc1ccc(Cl)cc1F. The van der Waals surface area contributed by atoms with Crippen LogP contribution in [0.5, 0.6) is 0 Å². The third-order valence-corrected chi connectivity index (χ3v) is 3.64. The standard InChI is InChI=1S/C13H14ClFN2O3/c14-8-2-3-10(9(15)6-8)17-11(18)7-16-13(12(19)20)4-1-5-13/h2-3,6,16H,1,4-5,7H2,(H,17,18)(H,19,20). The Balaban J connectivity index is 1.91. The number of carboxylic acid groups (broad SMARTS) is 1. The molecular formula is C13H14ClFN2O3. The Kier molecular flexibility index (Phi) is 4.25. The lowest BCUT2D eigenvalue weighted by atomic mass is 9.77. The molecule has 0 spiro atoms. The molecule has 0 heterocycles. The molecule has 1 fully saturated rings. The molecule has 0 aromatic heterocycles. The first kappa shape index (κ1) is 14.7. The first-order chi connectivity index (χ1) is 9.43. The van der Waals surface area contributed by atoms with Crippen molar-refractivity contribution in [1.82, 2.24) is 5.32 Å². The van der Waals surface area contributed by atoms with Crippen LogP contribution in [0.15, 0.2) is 18.2 Å². The summed E-state index contributed by atoms with van der Waals surface area (Å²) in [5, 5.41) is 14.4. The van der Waals surface area contributed by atoms with Crippen molar-refractivity contribution < 1.29 is 19.1 Å². The number of carbonyl (C=O) groups excluding carboxylic acids is 1. The molecule has 0 saturated heterocycles. The highest BCUT2D eigenvalue weighted by Gasteiger charge is 2.44. The van der Waals surface area contributed by atoms with Crippen LogP contribution in [0.25, 0.3) is 0 Å². The fourth-order valence-corrected chi connectivity index (χ4v) is 2.19. The fourth-order valence-electron chi connectivity index (χ4n) is 2.03. The molecule has 0 unspecified atom stereocenters. The minimum Gasteiger partial charge on any atom is -0.480 e. The van der Waals surface area contributed by atoms with Gasteiger partial charge in [0.05, 0.1) is 12.2 Å². The Labute approximate surface area is 120 Å². The molecule has 2 rings (SSSR count). The van der Waals surface area contributed by atoms with Crippen molar-refractivity contribution in [1.29, 1.82) is 0 Å². The maximum absolute atomic E-state index is 13.5. The Morgan fingerprint density at radius 1 is 1.40 bits per heavy atom. The van der Waals surface area contributed by atoms with Crippen LogP contribution in [0.3, 0.4) is 0 Å². The first-order valence-electron chi connectivity index (χ1n) is 6.16. The molecule has 1 saturated carbocycles. The number of carbonyl (C=O) groups is 2. The summed E-state index contributed by atoms with van der Waals surface area (Å²) in [6.45, 7) is -0.186. The van der Waals surface area contributed by atoms with Crippen molar-refractivity contribution in [3.63, 3.8) is 0 Å². The van der Waals surface area contributed by atoms with Gasteiger partial charge in [0.25, 0.3) is 0 Å². The molecule has 0 radical (unpaired) electrons. The lowest BCUT2D eigenvalue weighted by Gasteiger charge is -2.38. The molecule has 3 N–H and O–H groups in total. The highest BCUT2D eigenvalue weighted by Crippen LogP contribution is 2.31. The van der Waals surface area contributed by atoms with Gasteiger partial charge in [-0.3, -0.25) is 14.9 Å². The first-order valence-corrected chi connectivity index (χ1v) is 6.54. The molecule has 5 nitrogen and oxygen atoms in total. The van der Waals surface area contributed by atoms with E-state index in [-0.39, 0.29) is 17.3 Å². The molecule has 108 valence electrons. The molecule has 1 aromatic carbocycles. The molecule has 1 aliphatic carbocycles. The monoisotopic (exact) mass is 300 g/mol. The normalized spacial score (nSPS) is 16.3. The van der Waals surface area contributed by atoms with Gasteiger partial charge in [-0.1, -0.05) is 11.6 Å². The molecule has 0 bridgehead atoms. The molecular weight excluding hydrogens is 287 g/mol. The summed E-state index contributed by atoms with van der Waals surface area (Å²) in [4.78, 5) is 22.8. The summed E-state index contributed by atoms with van der Waals surface area (Å²) in [6, 6.07) is 3.90. The second-order valence-electron chi connectivity index (χ2n) is 4.77. The minimum absolute atomic E-state index is 0.0131. The van der Waals surface area contributed by atoms with Gasteiger partial charge in [0.1, 0.15) is 11.4 Å². The lowest BCUT2D eigenvalue weighted by Crippen LogP contribution is -2.58. The topological polar surface area (TPSA) is 78.4 Å². The van der Waals surface area contributed by atoms with Crippen molar-refractivity contribution in [2.24, 2.45) is 0 Å². The second-order valence-corrected chi connectivity index (χ2v) is 5.20. The molecule has 1 amide bonds. The van der Waals surface area contributed by atoms with E-state index in [2.05, 4.69) is 10.6 Å². The fraction of sp³-hybridized carbons (Fsp3) is 0.385. The summed E-state index contributed by atoms with van der Waals surface area (Å²) >= 11 is 5.61. The number of hydrogen-bond acceptors (Lipinski definition) is 3. The van der Waals surface area contributed by atoms with Gasteiger partial charge in [0.15, 0.2) is 0 Å². The third kappa shape index (κ3) is 3.08. The van der Waals surface area contributed by atoms with Crippen LogP contribution in [0, 0.1) is 5.82 Å². The number of rotatable bonds is 5. The van der Waals surface area contributed by atoms with Crippen LogP contribution >= 0.6 is 11.6 Å². The van der Waals surface area contributed by atoms with E-state index in [1.807, 2.05) is 0 Å². The maximum Gasteiger partial charge on any atom is 0.323 e. The number of aliphatic carboxylic acids is 1. The van der Waals surface area contributed by atoms with E-state index in [0.29, 0.717) is 12.8 Å². The molecule has 7 heteroatoms. The van der Waals surface area contributed by atoms with Crippen LogP contribution in [-0.2, 0) is 9.59 Å². The van der Waals surface area contributed by atoms with Gasteiger partial charge < -0.3 is 10.4 Å². The second kappa shape index (κ2) is 5.76. The van der Waals surface area contributed by atoms with Crippen molar-refractivity contribution in [3.05, 3.63) is 29.0 Å². The highest BCUT2D eigenvalue weighted by atomic mass is 35.5. The van der Waals surface area contributed by atoms with Crippen molar-refractivity contribution >= 4 is 29.2 Å². The number of halogens is 2. The number of hydrogen-bond donors (Lipinski definition) is 3. The minimum atomic E-state index is -1.02. The smallest absolute Gasteiger partial charge is 0.323 e. The predicted octanol–water partition coefficient (Wildman–Crippen LogP) is 2.01. The Morgan fingerprint density at radius 2 is 2.10 bits per heavy atom. The van der Waals surface area contributed by atoms with E-state index in [1.54, 1.807) is 0 Å². The number of nitrogens with one attached hydrogen (secondary N) is 2. The Morgan fingerprint density at radius 3 is 2.60 bits per heavy atom. The van der Waals surface area contributed by atoms with Crippen molar-refractivity contribution in [2.45, 2.75) is 24.8 Å². The quantitative estimate of drug-likeness (QED) is 0.777. The zero-order valence-corrected chi connectivity index (χ0v) is 11.3. The van der Waals surface area contributed by atoms with Crippen LogP contribution < -0.4 is 10.6 Å². The molecule has 20 heavy (non-hydrogen) atoms. The number of anilines is 1. The third-order valence-electron chi connectivity index (χ3n) is 3.41. The molecule has 1 aromatic rings. The average Bonchev–Trinajstić information content (AvgIpc) is 2.31. The summed E-state index contributed by atoms with van der Waals surface area (Å²) in [5.41, 5.74) is -1.00. The maximum atomic E-state index is 13.5. The van der Waals surface area contributed by atoms with E-state index in [4.69, 9.17) is 16.7 Å². The zero-order valence-electron chi connectivity index (χ0n) is 10.6. The van der Waals surface area contributed by atoms with Crippen molar-refractivity contribution in [3.8, 4) is 0 Å². The zero-order chi connectivity index (χ0) is 14.8. The predicted molar refractivity (Wildman–Crippen MR) is 72.3 cm³/mol. The highest BCUT2D eigenvalue weighted by molar-refractivity contribution is 6.30. The summed E-state index contributed by atoms with van der Waals surface area (Å²) in [5.74, 6) is -2.10. The van der Waals surface area contributed by atoms with E-state index in [0.717, 1.165) is 12.5 Å². The van der Waals surface area contributed by atoms with Crippen LogP contribution in [-0.4, -0.2) is 29.1 Å². The van der Waals surface area contributed by atoms with Gasteiger partial charge >= 0.3 is 5.97 Å². The Bertz CT molecular complexity index is 546. The van der Waals surface area contributed by atoms with Crippen LogP contribution in [0.1, 0.15) is 19.3 Å². The molecule has 0 atom stereocenters. The largest absolute Gasteiger partial charge is 0.480 e. The number of benzene rings is 1. The van der Waals surface area contributed by atoms with E-state index < -0.39 is 23.2 Å². The number of amides is 1. The van der Waals surface area contributed by atoms with E-state index >= 15 is 0 Å². The van der Waals surface area contributed by atoms with E-state index in [1.165, 1.54) is 12.1 Å². The lowest BCUT2D eigenvalue weighted by molar-refractivity contribution is -0.148. The molecule has 1 aliphatic rings. The van der Waals surface area contributed by atoms with Crippen LogP contribution in [0.2, 0.25) is 5.02 Å². The summed E-state index contributed by atoms with van der Waals surface area (Å²) < 4.78 is 13.5. The van der Waals surface area contributed by atoms with Gasteiger partial charge in [0.2, 0.25) is 5.91 Å². The van der Waals surface area contributed by atoms with Gasteiger partial charge in [-0.15, -0.1) is 0 Å². The number of carboxylic acids is 1. The average molecular weight is 301 g/mol. The Hall–Kier alpha value is -1.66. The van der Waals surface area contributed by atoms with Gasteiger partial charge in [-0.25, -0.2) is 4.39 Å². The van der Waals surface area contributed by atoms with Crippen LogP contribution in [0.4, 0.5) is 10.1 Å². The summed E-state index contributed by atoms with van der Waals surface area (Å²) in [6.07, 6.45) is 1.79. The van der Waals surface area contributed by atoms with Gasteiger partial charge in [-0.2, -0.15) is 0 Å². The van der Waals surface area contributed by atoms with Crippen molar-refractivity contribution in [2.75, 3.05) is 11.9 Å². The van der Waals surface area contributed by atoms with Gasteiger partial charge in [-0.05, 0) is 37.5 Å². The van der Waals surface area contributed by atoms with E-state index in [9.17, 15) is 14.0 Å². The summed E-state index contributed by atoms with van der Waals surface area (Å²) in [7, 11) is 0. The molecule has 0 aliphatic heterocycles. The van der Waals surface area contributed by atoms with Gasteiger partial charge in [0, 0.05) is 5.02 Å².